The number of nitrogens with one attached hydrogen (secondary N) is 2. The van der Waals surface area contributed by atoms with Crippen LogP contribution in [0.25, 0.3) is 0 Å². The molecule has 7 nitrogen and oxygen atoms in total. The highest BCUT2D eigenvalue weighted by Crippen LogP contribution is 2.33. The molecule has 0 radical (unpaired) electrons. The van der Waals surface area contributed by atoms with E-state index in [0.717, 1.165) is 11.1 Å². The third-order valence-corrected chi connectivity index (χ3v) is 7.03. The summed E-state index contributed by atoms with van der Waals surface area (Å²) in [7, 11) is -4.00. The van der Waals surface area contributed by atoms with Crippen molar-refractivity contribution in [1.82, 2.24) is 5.32 Å². The van der Waals surface area contributed by atoms with Crippen LogP contribution < -0.4 is 19.5 Å². The molecule has 0 saturated carbocycles. The highest BCUT2D eigenvalue weighted by molar-refractivity contribution is 7.92. The van der Waals surface area contributed by atoms with Crippen LogP contribution in [0.2, 0.25) is 5.02 Å². The molecular formula is C24H23ClN2O5S. The SMILES string of the molecule is Cc1cccc(NS(=O)(=O)c2cc(C(=O)N[C@H](C)c3ccc4c(c3)OCCO4)ccc2Cl)c1. The van der Waals surface area contributed by atoms with E-state index in [-0.39, 0.29) is 21.5 Å². The van der Waals surface area contributed by atoms with Gasteiger partial charge in [0, 0.05) is 11.3 Å². The van der Waals surface area contributed by atoms with E-state index in [4.69, 9.17) is 21.1 Å². The van der Waals surface area contributed by atoms with Gasteiger partial charge in [0.2, 0.25) is 0 Å². The van der Waals surface area contributed by atoms with Crippen LogP contribution in [0.4, 0.5) is 5.69 Å². The number of benzene rings is 3. The highest BCUT2D eigenvalue weighted by atomic mass is 35.5. The first-order chi connectivity index (χ1) is 15.7. The van der Waals surface area contributed by atoms with Crippen LogP contribution >= 0.6 is 11.6 Å². The molecular weight excluding hydrogens is 464 g/mol. The quantitative estimate of drug-likeness (QED) is 0.526. The Morgan fingerprint density at radius 2 is 1.76 bits per heavy atom. The molecule has 9 heteroatoms. The van der Waals surface area contributed by atoms with E-state index in [0.29, 0.717) is 30.4 Å². The van der Waals surface area contributed by atoms with Crippen molar-refractivity contribution < 1.29 is 22.7 Å². The van der Waals surface area contributed by atoms with Gasteiger partial charge in [-0.1, -0.05) is 29.8 Å². The fraction of sp³-hybridized carbons (Fsp3) is 0.208. The van der Waals surface area contributed by atoms with E-state index in [1.54, 1.807) is 24.3 Å². The molecule has 4 rings (SSSR count). The van der Waals surface area contributed by atoms with Gasteiger partial charge in [-0.25, -0.2) is 8.42 Å². The van der Waals surface area contributed by atoms with Gasteiger partial charge >= 0.3 is 0 Å². The minimum Gasteiger partial charge on any atom is -0.486 e. The maximum Gasteiger partial charge on any atom is 0.263 e. The number of sulfonamides is 1. The van der Waals surface area contributed by atoms with E-state index in [2.05, 4.69) is 10.0 Å². The fourth-order valence-corrected chi connectivity index (χ4v) is 5.04. The Hall–Kier alpha value is -3.23. The second-order valence-electron chi connectivity index (χ2n) is 7.72. The molecule has 1 heterocycles. The molecule has 1 aliphatic rings. The molecule has 0 unspecified atom stereocenters. The zero-order valence-electron chi connectivity index (χ0n) is 18.1. The lowest BCUT2D eigenvalue weighted by molar-refractivity contribution is 0.0939. The monoisotopic (exact) mass is 486 g/mol. The Labute approximate surface area is 197 Å². The molecule has 1 amide bonds. The van der Waals surface area contributed by atoms with E-state index in [9.17, 15) is 13.2 Å². The van der Waals surface area contributed by atoms with Crippen molar-refractivity contribution in [2.45, 2.75) is 24.8 Å². The van der Waals surface area contributed by atoms with Gasteiger partial charge in [0.15, 0.2) is 11.5 Å². The Morgan fingerprint density at radius 3 is 2.52 bits per heavy atom. The van der Waals surface area contributed by atoms with Crippen molar-refractivity contribution in [2.75, 3.05) is 17.9 Å². The lowest BCUT2D eigenvalue weighted by Crippen LogP contribution is -2.27. The van der Waals surface area contributed by atoms with Gasteiger partial charge in [0.25, 0.3) is 15.9 Å². The predicted octanol–water partition coefficient (Wildman–Crippen LogP) is 4.71. The van der Waals surface area contributed by atoms with Crippen LogP contribution in [0.5, 0.6) is 11.5 Å². The van der Waals surface area contributed by atoms with Crippen molar-refractivity contribution in [2.24, 2.45) is 0 Å². The van der Waals surface area contributed by atoms with E-state index < -0.39 is 15.9 Å². The number of carbonyl (C=O) groups excluding carboxylic acids is 1. The first-order valence-electron chi connectivity index (χ1n) is 10.3. The summed E-state index contributed by atoms with van der Waals surface area (Å²) < 4.78 is 39.5. The number of ether oxygens (including phenoxy) is 2. The molecule has 33 heavy (non-hydrogen) atoms. The summed E-state index contributed by atoms with van der Waals surface area (Å²) >= 11 is 6.18. The summed E-state index contributed by atoms with van der Waals surface area (Å²) in [5.41, 5.74) is 2.32. The molecule has 1 aliphatic heterocycles. The van der Waals surface area contributed by atoms with Gasteiger partial charge in [-0.15, -0.1) is 0 Å². The maximum atomic E-state index is 12.9. The molecule has 3 aromatic rings. The molecule has 3 aromatic carbocycles. The van der Waals surface area contributed by atoms with Crippen molar-refractivity contribution in [3.8, 4) is 11.5 Å². The normalized spacial score (nSPS) is 13.8. The van der Waals surface area contributed by atoms with Crippen LogP contribution in [0, 0.1) is 6.92 Å². The Balaban J connectivity index is 1.53. The van der Waals surface area contributed by atoms with Crippen LogP contribution in [0.15, 0.2) is 65.6 Å². The Morgan fingerprint density at radius 1 is 1.00 bits per heavy atom. The van der Waals surface area contributed by atoms with Gasteiger partial charge in [-0.2, -0.15) is 0 Å². The number of hydrogen-bond acceptors (Lipinski definition) is 5. The first kappa shape index (κ1) is 22.9. The molecule has 0 spiro atoms. The lowest BCUT2D eigenvalue weighted by atomic mass is 10.1. The second kappa shape index (κ2) is 9.33. The van der Waals surface area contributed by atoms with Crippen molar-refractivity contribution in [3.05, 3.63) is 82.4 Å². The van der Waals surface area contributed by atoms with Crippen molar-refractivity contribution in [1.29, 1.82) is 0 Å². The zero-order valence-corrected chi connectivity index (χ0v) is 19.7. The van der Waals surface area contributed by atoms with E-state index >= 15 is 0 Å². The first-order valence-corrected chi connectivity index (χ1v) is 12.2. The van der Waals surface area contributed by atoms with Gasteiger partial charge < -0.3 is 14.8 Å². The second-order valence-corrected chi connectivity index (χ2v) is 9.78. The number of rotatable bonds is 6. The molecule has 1 atom stereocenters. The number of aryl methyl sites for hydroxylation is 1. The van der Waals surface area contributed by atoms with Gasteiger partial charge in [0.1, 0.15) is 18.1 Å². The molecule has 2 N–H and O–H groups in total. The number of carbonyl (C=O) groups is 1. The smallest absolute Gasteiger partial charge is 0.263 e. The summed E-state index contributed by atoms with van der Waals surface area (Å²) in [5.74, 6) is 0.861. The molecule has 0 aromatic heterocycles. The number of fused-ring (bicyclic) bond motifs is 1. The Bertz CT molecular complexity index is 1310. The average molecular weight is 487 g/mol. The number of hydrogen-bond donors (Lipinski definition) is 2. The van der Waals surface area contributed by atoms with Gasteiger partial charge in [-0.3, -0.25) is 9.52 Å². The number of anilines is 1. The average Bonchev–Trinajstić information content (AvgIpc) is 2.78. The summed E-state index contributed by atoms with van der Waals surface area (Å²) in [6.45, 7) is 4.66. The molecule has 0 fully saturated rings. The molecule has 0 saturated heterocycles. The third-order valence-electron chi connectivity index (χ3n) is 5.17. The lowest BCUT2D eigenvalue weighted by Gasteiger charge is -2.21. The third kappa shape index (κ3) is 5.23. The largest absolute Gasteiger partial charge is 0.486 e. The molecule has 0 aliphatic carbocycles. The number of amides is 1. The highest BCUT2D eigenvalue weighted by Gasteiger charge is 2.22. The zero-order chi connectivity index (χ0) is 23.6. The maximum absolute atomic E-state index is 12.9. The van der Waals surface area contributed by atoms with E-state index in [1.807, 2.05) is 32.0 Å². The molecule has 172 valence electrons. The van der Waals surface area contributed by atoms with Gasteiger partial charge in [0.05, 0.1) is 11.1 Å². The van der Waals surface area contributed by atoms with E-state index in [1.165, 1.54) is 18.2 Å². The van der Waals surface area contributed by atoms with Gasteiger partial charge in [-0.05, 0) is 67.4 Å². The minimum absolute atomic E-state index is 0.0200. The van der Waals surface area contributed by atoms with Crippen LogP contribution in [-0.2, 0) is 10.0 Å². The summed E-state index contributed by atoms with van der Waals surface area (Å²) in [5, 5.41) is 2.90. The Kier molecular flexibility index (Phi) is 6.49. The van der Waals surface area contributed by atoms with Crippen LogP contribution in [0.3, 0.4) is 0 Å². The fourth-order valence-electron chi connectivity index (χ4n) is 3.46. The topological polar surface area (TPSA) is 93.7 Å². The number of halogens is 1. The summed E-state index contributed by atoms with van der Waals surface area (Å²) in [6, 6.07) is 16.2. The van der Waals surface area contributed by atoms with Crippen molar-refractivity contribution in [3.63, 3.8) is 0 Å². The summed E-state index contributed by atoms with van der Waals surface area (Å²) in [4.78, 5) is 12.7. The summed E-state index contributed by atoms with van der Waals surface area (Å²) in [6.07, 6.45) is 0. The minimum atomic E-state index is -4.00. The standard InChI is InChI=1S/C24H23ClN2O5S/c1-15-4-3-5-19(12-15)27-33(29,30)23-14-18(6-8-20(23)25)24(28)26-16(2)17-7-9-21-22(13-17)32-11-10-31-21/h3-9,12-14,16,27H,10-11H2,1-2H3,(H,26,28)/t16-/m1/s1. The predicted molar refractivity (Wildman–Crippen MR) is 127 cm³/mol. The van der Waals surface area contributed by atoms with Crippen molar-refractivity contribution >= 4 is 33.2 Å². The molecule has 0 bridgehead atoms. The van der Waals surface area contributed by atoms with Crippen LogP contribution in [-0.4, -0.2) is 27.5 Å². The van der Waals surface area contributed by atoms with Crippen LogP contribution in [0.1, 0.15) is 34.5 Å².